The summed E-state index contributed by atoms with van der Waals surface area (Å²) in [6, 6.07) is 15.4. The molecule has 0 bridgehead atoms. The zero-order valence-electron chi connectivity index (χ0n) is 19.9. The lowest BCUT2D eigenvalue weighted by molar-refractivity contribution is -0.122. The molecule has 0 aromatic heterocycles. The van der Waals surface area contributed by atoms with Crippen LogP contribution in [0.3, 0.4) is 0 Å². The van der Waals surface area contributed by atoms with E-state index in [0.29, 0.717) is 44.4 Å². The fourth-order valence-electron chi connectivity index (χ4n) is 3.51. The van der Waals surface area contributed by atoms with Gasteiger partial charge in [0.05, 0.1) is 28.3 Å². The van der Waals surface area contributed by atoms with Gasteiger partial charge in [0.15, 0.2) is 16.7 Å². The number of carboxylic acid groups (broad SMARTS) is 1. The van der Waals surface area contributed by atoms with Crippen molar-refractivity contribution >= 4 is 52.2 Å². The first kappa shape index (κ1) is 26.2. The number of amidine groups is 1. The summed E-state index contributed by atoms with van der Waals surface area (Å²) < 4.78 is 24.5. The van der Waals surface area contributed by atoms with Gasteiger partial charge in [-0.3, -0.25) is 9.69 Å². The van der Waals surface area contributed by atoms with Crippen LogP contribution in [0.2, 0.25) is 5.02 Å². The summed E-state index contributed by atoms with van der Waals surface area (Å²) in [6.45, 7) is 2.43. The Morgan fingerprint density at radius 2 is 1.86 bits per heavy atom. The zero-order chi connectivity index (χ0) is 26.5. The maximum Gasteiger partial charge on any atom is 0.335 e. The minimum atomic E-state index is -1.02. The lowest BCUT2D eigenvalue weighted by Crippen LogP contribution is -2.28. The summed E-state index contributed by atoms with van der Waals surface area (Å²) >= 11 is 7.70. The Morgan fingerprint density at radius 1 is 1.16 bits per heavy atom. The van der Waals surface area contributed by atoms with Crippen molar-refractivity contribution in [2.24, 2.45) is 4.99 Å². The van der Waals surface area contributed by atoms with Crippen LogP contribution in [-0.4, -0.2) is 40.7 Å². The zero-order valence-corrected chi connectivity index (χ0v) is 21.5. The Kier molecular flexibility index (Phi) is 8.15. The summed E-state index contributed by atoms with van der Waals surface area (Å²) in [5.41, 5.74) is 2.09. The quantitative estimate of drug-likeness (QED) is 0.333. The number of likely N-dealkylation sites (N-methyl/N-ethyl adjacent to an activating group) is 1. The molecule has 7 nitrogen and oxygen atoms in total. The van der Waals surface area contributed by atoms with Crippen LogP contribution >= 0.6 is 23.4 Å². The van der Waals surface area contributed by atoms with Crippen LogP contribution in [0.15, 0.2) is 70.6 Å². The van der Waals surface area contributed by atoms with Crippen molar-refractivity contribution < 1.29 is 28.6 Å². The average molecular weight is 541 g/mol. The Balaban J connectivity index is 1.57. The van der Waals surface area contributed by atoms with E-state index < -0.39 is 5.97 Å². The Morgan fingerprint density at radius 3 is 2.49 bits per heavy atom. The van der Waals surface area contributed by atoms with E-state index in [-0.39, 0.29) is 23.9 Å². The van der Waals surface area contributed by atoms with E-state index in [9.17, 15) is 14.0 Å². The fraction of sp³-hybridized carbons (Fsp3) is 0.148. The van der Waals surface area contributed by atoms with Crippen molar-refractivity contribution in [2.75, 3.05) is 13.7 Å². The normalized spacial score (nSPS) is 15.5. The first-order valence-corrected chi connectivity index (χ1v) is 12.4. The smallest absolute Gasteiger partial charge is 0.335 e. The highest BCUT2D eigenvalue weighted by atomic mass is 35.5. The molecule has 0 radical (unpaired) electrons. The van der Waals surface area contributed by atoms with Crippen LogP contribution in [-0.2, 0) is 11.4 Å². The molecule has 1 aliphatic heterocycles. The molecule has 1 aliphatic rings. The maximum atomic E-state index is 13.1. The molecule has 1 heterocycles. The maximum absolute atomic E-state index is 13.1. The molecular weight excluding hydrogens is 519 g/mol. The molecule has 1 fully saturated rings. The standard InChI is InChI=1S/C27H22ClFN2O5S/c1-3-31-25(32)23(37-27(31)30-20-10-6-18(7-11-20)26(33)34)14-17-12-21(28)24(22(13-17)35-2)36-15-16-4-8-19(29)9-5-16/h4-14H,3,15H2,1-2H3,(H,33,34). The number of nitrogens with zero attached hydrogens (tertiary/aromatic N) is 2. The summed E-state index contributed by atoms with van der Waals surface area (Å²) in [5.74, 6) is -0.840. The summed E-state index contributed by atoms with van der Waals surface area (Å²) in [5, 5.41) is 9.86. The summed E-state index contributed by atoms with van der Waals surface area (Å²) in [4.78, 5) is 30.6. The van der Waals surface area contributed by atoms with Gasteiger partial charge >= 0.3 is 5.97 Å². The van der Waals surface area contributed by atoms with Crippen LogP contribution in [0.1, 0.15) is 28.4 Å². The van der Waals surface area contributed by atoms with E-state index in [1.165, 1.54) is 43.1 Å². The van der Waals surface area contributed by atoms with Gasteiger partial charge in [0.2, 0.25) is 0 Å². The molecule has 1 N–H and O–H groups in total. The number of thioether (sulfide) groups is 1. The minimum absolute atomic E-state index is 0.156. The molecule has 3 aromatic rings. The number of carbonyl (C=O) groups excluding carboxylic acids is 1. The van der Waals surface area contributed by atoms with Gasteiger partial charge in [-0.2, -0.15) is 0 Å². The van der Waals surface area contributed by atoms with E-state index >= 15 is 0 Å². The predicted molar refractivity (Wildman–Crippen MR) is 142 cm³/mol. The SMILES string of the molecule is CCN1C(=O)C(=Cc2cc(Cl)c(OCc3ccc(F)cc3)c(OC)c2)SC1=Nc1ccc(C(=O)O)cc1. The number of methoxy groups -OCH3 is 1. The van der Waals surface area contributed by atoms with Crippen LogP contribution in [0.5, 0.6) is 11.5 Å². The molecular formula is C27H22ClFN2O5S. The second-order valence-corrected chi connectivity index (χ2v) is 9.27. The molecule has 0 atom stereocenters. The van der Waals surface area contributed by atoms with Gasteiger partial charge in [-0.05, 0) is 84.4 Å². The lowest BCUT2D eigenvalue weighted by atomic mass is 10.1. The highest BCUT2D eigenvalue weighted by Crippen LogP contribution is 2.39. The number of ether oxygens (including phenoxy) is 2. The Hall–Kier alpha value is -3.82. The number of rotatable bonds is 8. The molecule has 1 amide bonds. The van der Waals surface area contributed by atoms with Crippen molar-refractivity contribution in [1.82, 2.24) is 4.90 Å². The molecule has 37 heavy (non-hydrogen) atoms. The van der Waals surface area contributed by atoms with Gasteiger partial charge in [0, 0.05) is 6.54 Å². The number of hydrogen-bond donors (Lipinski definition) is 1. The van der Waals surface area contributed by atoms with Crippen LogP contribution in [0.4, 0.5) is 10.1 Å². The molecule has 0 aliphatic carbocycles. The molecule has 1 saturated heterocycles. The van der Waals surface area contributed by atoms with E-state index in [1.54, 1.807) is 47.4 Å². The highest BCUT2D eigenvalue weighted by molar-refractivity contribution is 8.18. The van der Waals surface area contributed by atoms with Crippen molar-refractivity contribution in [3.8, 4) is 11.5 Å². The number of hydrogen-bond acceptors (Lipinski definition) is 6. The van der Waals surface area contributed by atoms with Crippen LogP contribution < -0.4 is 9.47 Å². The minimum Gasteiger partial charge on any atom is -0.493 e. The molecule has 0 saturated carbocycles. The second kappa shape index (κ2) is 11.5. The number of amides is 1. The molecule has 4 rings (SSSR count). The van der Waals surface area contributed by atoms with Crippen molar-refractivity contribution in [3.05, 3.63) is 93.1 Å². The summed E-state index contributed by atoms with van der Waals surface area (Å²) in [6.07, 6.45) is 1.70. The number of carbonyl (C=O) groups is 2. The number of aromatic carboxylic acids is 1. The molecule has 190 valence electrons. The van der Waals surface area contributed by atoms with E-state index in [4.69, 9.17) is 26.2 Å². The third-order valence-electron chi connectivity index (χ3n) is 5.39. The van der Waals surface area contributed by atoms with Gasteiger partial charge < -0.3 is 14.6 Å². The predicted octanol–water partition coefficient (Wildman–Crippen LogP) is 6.39. The Labute approximate surface area is 222 Å². The lowest BCUT2D eigenvalue weighted by Gasteiger charge is -2.14. The van der Waals surface area contributed by atoms with Crippen molar-refractivity contribution in [2.45, 2.75) is 13.5 Å². The number of carboxylic acids is 1. The van der Waals surface area contributed by atoms with E-state index in [2.05, 4.69) is 4.99 Å². The molecule has 0 unspecified atom stereocenters. The largest absolute Gasteiger partial charge is 0.493 e. The Bertz CT molecular complexity index is 1390. The van der Waals surface area contributed by atoms with Crippen molar-refractivity contribution in [1.29, 1.82) is 0 Å². The van der Waals surface area contributed by atoms with Crippen molar-refractivity contribution in [3.63, 3.8) is 0 Å². The molecule has 3 aromatic carbocycles. The summed E-state index contributed by atoms with van der Waals surface area (Å²) in [7, 11) is 1.49. The molecule has 0 spiro atoms. The first-order valence-electron chi connectivity index (χ1n) is 11.2. The topological polar surface area (TPSA) is 88.4 Å². The average Bonchev–Trinajstić information content (AvgIpc) is 3.17. The van der Waals surface area contributed by atoms with Gasteiger partial charge in [0.1, 0.15) is 12.4 Å². The van der Waals surface area contributed by atoms with Gasteiger partial charge in [-0.25, -0.2) is 14.2 Å². The van der Waals surface area contributed by atoms with Gasteiger partial charge in [-0.15, -0.1) is 0 Å². The van der Waals surface area contributed by atoms with E-state index in [0.717, 1.165) is 5.56 Å². The van der Waals surface area contributed by atoms with Gasteiger partial charge in [-0.1, -0.05) is 23.7 Å². The van der Waals surface area contributed by atoms with E-state index in [1.807, 2.05) is 6.92 Å². The number of benzene rings is 3. The third kappa shape index (κ3) is 6.12. The van der Waals surface area contributed by atoms with Crippen LogP contribution in [0.25, 0.3) is 6.08 Å². The highest BCUT2D eigenvalue weighted by Gasteiger charge is 2.32. The monoisotopic (exact) mass is 540 g/mol. The fourth-order valence-corrected chi connectivity index (χ4v) is 4.85. The third-order valence-corrected chi connectivity index (χ3v) is 6.68. The molecule has 10 heteroatoms. The second-order valence-electron chi connectivity index (χ2n) is 7.86. The number of aliphatic imine (C=N–C) groups is 1. The first-order chi connectivity index (χ1) is 17.8. The number of halogens is 2. The van der Waals surface area contributed by atoms with Crippen LogP contribution in [0, 0.1) is 5.82 Å². The van der Waals surface area contributed by atoms with Gasteiger partial charge in [0.25, 0.3) is 5.91 Å².